The number of aliphatic hydroxyl groups is 1. The lowest BCUT2D eigenvalue weighted by Gasteiger charge is -2.20. The SMILES string of the molecule is O=C(c1ccnc(Cc2ccccc2)c1)N1CCC[C@@H](O)CC1. The Balaban J connectivity index is 1.72. The third kappa shape index (κ3) is 4.17. The first-order valence-electron chi connectivity index (χ1n) is 8.18. The molecule has 1 saturated heterocycles. The molecule has 2 aromatic rings. The average molecular weight is 310 g/mol. The van der Waals surface area contributed by atoms with Crippen molar-refractivity contribution in [3.8, 4) is 0 Å². The number of carbonyl (C=O) groups excluding carboxylic acids is 1. The number of hydrogen-bond acceptors (Lipinski definition) is 3. The molecule has 0 aliphatic carbocycles. The molecule has 0 bridgehead atoms. The monoisotopic (exact) mass is 310 g/mol. The van der Waals surface area contributed by atoms with Crippen molar-refractivity contribution in [2.75, 3.05) is 13.1 Å². The molecule has 2 heterocycles. The summed E-state index contributed by atoms with van der Waals surface area (Å²) in [6.45, 7) is 1.34. The molecule has 4 nitrogen and oxygen atoms in total. The van der Waals surface area contributed by atoms with Gasteiger partial charge in [-0.2, -0.15) is 0 Å². The van der Waals surface area contributed by atoms with Crippen molar-refractivity contribution in [2.24, 2.45) is 0 Å². The predicted molar refractivity (Wildman–Crippen MR) is 89.2 cm³/mol. The lowest BCUT2D eigenvalue weighted by Crippen LogP contribution is -2.32. The summed E-state index contributed by atoms with van der Waals surface area (Å²) in [6.07, 6.45) is 4.44. The third-order valence-electron chi connectivity index (χ3n) is 4.28. The van der Waals surface area contributed by atoms with E-state index in [-0.39, 0.29) is 12.0 Å². The van der Waals surface area contributed by atoms with Crippen LogP contribution < -0.4 is 0 Å². The topological polar surface area (TPSA) is 53.4 Å². The van der Waals surface area contributed by atoms with Crippen molar-refractivity contribution in [1.29, 1.82) is 0 Å². The van der Waals surface area contributed by atoms with Crippen LogP contribution in [0.3, 0.4) is 0 Å². The number of rotatable bonds is 3. The molecule has 1 aliphatic rings. The first-order valence-corrected chi connectivity index (χ1v) is 8.18. The smallest absolute Gasteiger partial charge is 0.253 e. The Morgan fingerprint density at radius 3 is 2.83 bits per heavy atom. The normalized spacial score (nSPS) is 18.5. The fourth-order valence-electron chi connectivity index (χ4n) is 2.98. The minimum Gasteiger partial charge on any atom is -0.393 e. The first-order chi connectivity index (χ1) is 11.2. The summed E-state index contributed by atoms with van der Waals surface area (Å²) in [6, 6.07) is 13.8. The number of amides is 1. The third-order valence-corrected chi connectivity index (χ3v) is 4.28. The minimum absolute atomic E-state index is 0.0378. The van der Waals surface area contributed by atoms with Crippen molar-refractivity contribution >= 4 is 5.91 Å². The molecule has 0 unspecified atom stereocenters. The Bertz CT molecular complexity index is 657. The Labute approximate surface area is 136 Å². The number of likely N-dealkylation sites (tertiary alicyclic amines) is 1. The van der Waals surface area contributed by atoms with Gasteiger partial charge in [0.2, 0.25) is 0 Å². The van der Waals surface area contributed by atoms with E-state index in [0.29, 0.717) is 25.1 Å². The van der Waals surface area contributed by atoms with Gasteiger partial charge in [0.25, 0.3) is 5.91 Å². The van der Waals surface area contributed by atoms with Crippen LogP contribution in [0.25, 0.3) is 0 Å². The van der Waals surface area contributed by atoms with Crippen LogP contribution in [0.2, 0.25) is 0 Å². The van der Waals surface area contributed by atoms with Crippen LogP contribution in [0.15, 0.2) is 48.7 Å². The van der Waals surface area contributed by atoms with Crippen molar-refractivity contribution < 1.29 is 9.90 Å². The number of hydrogen-bond donors (Lipinski definition) is 1. The molecule has 1 aliphatic heterocycles. The molecule has 0 spiro atoms. The maximum absolute atomic E-state index is 12.7. The van der Waals surface area contributed by atoms with Gasteiger partial charge < -0.3 is 10.0 Å². The summed E-state index contributed by atoms with van der Waals surface area (Å²) in [4.78, 5) is 18.9. The van der Waals surface area contributed by atoms with Crippen LogP contribution in [0.4, 0.5) is 0 Å². The molecule has 1 fully saturated rings. The van der Waals surface area contributed by atoms with Crippen LogP contribution >= 0.6 is 0 Å². The van der Waals surface area contributed by atoms with E-state index in [2.05, 4.69) is 17.1 Å². The molecule has 1 aromatic carbocycles. The molecule has 0 radical (unpaired) electrons. The number of nitrogens with zero attached hydrogens (tertiary/aromatic N) is 2. The van der Waals surface area contributed by atoms with E-state index in [1.807, 2.05) is 29.2 Å². The zero-order valence-corrected chi connectivity index (χ0v) is 13.2. The van der Waals surface area contributed by atoms with Crippen molar-refractivity contribution in [2.45, 2.75) is 31.8 Å². The Morgan fingerprint density at radius 2 is 2.00 bits per heavy atom. The molecule has 1 amide bonds. The summed E-state index contributed by atoms with van der Waals surface area (Å²) in [5.41, 5.74) is 2.77. The number of aliphatic hydroxyl groups excluding tert-OH is 1. The van der Waals surface area contributed by atoms with Gasteiger partial charge in [-0.3, -0.25) is 9.78 Å². The maximum Gasteiger partial charge on any atom is 0.253 e. The van der Waals surface area contributed by atoms with Crippen molar-refractivity contribution in [3.63, 3.8) is 0 Å². The number of benzene rings is 1. The van der Waals surface area contributed by atoms with E-state index in [0.717, 1.165) is 25.0 Å². The number of carbonyl (C=O) groups is 1. The van der Waals surface area contributed by atoms with Crippen molar-refractivity contribution in [3.05, 3.63) is 65.5 Å². The summed E-state index contributed by atoms with van der Waals surface area (Å²) < 4.78 is 0. The van der Waals surface area contributed by atoms with Gasteiger partial charge in [-0.05, 0) is 37.0 Å². The van der Waals surface area contributed by atoms with Gasteiger partial charge in [0.15, 0.2) is 0 Å². The fraction of sp³-hybridized carbons (Fsp3) is 0.368. The second-order valence-electron chi connectivity index (χ2n) is 6.08. The predicted octanol–water partition coefficient (Wildman–Crippen LogP) is 2.66. The van der Waals surface area contributed by atoms with Gasteiger partial charge >= 0.3 is 0 Å². The summed E-state index contributed by atoms with van der Waals surface area (Å²) in [7, 11) is 0. The molecular weight excluding hydrogens is 288 g/mol. The van der Waals surface area contributed by atoms with Gasteiger partial charge in [0, 0.05) is 37.0 Å². The van der Waals surface area contributed by atoms with Gasteiger partial charge in [-0.15, -0.1) is 0 Å². The quantitative estimate of drug-likeness (QED) is 0.948. The minimum atomic E-state index is -0.279. The zero-order valence-electron chi connectivity index (χ0n) is 13.2. The first kappa shape index (κ1) is 15.7. The van der Waals surface area contributed by atoms with Crippen LogP contribution in [-0.2, 0) is 6.42 Å². The van der Waals surface area contributed by atoms with Gasteiger partial charge in [0.05, 0.1) is 6.10 Å². The highest BCUT2D eigenvalue weighted by Crippen LogP contribution is 2.15. The molecule has 0 saturated carbocycles. The molecule has 4 heteroatoms. The largest absolute Gasteiger partial charge is 0.393 e. The van der Waals surface area contributed by atoms with E-state index in [1.54, 1.807) is 12.3 Å². The molecule has 120 valence electrons. The molecule has 1 aromatic heterocycles. The highest BCUT2D eigenvalue weighted by molar-refractivity contribution is 5.94. The lowest BCUT2D eigenvalue weighted by atomic mass is 10.1. The highest BCUT2D eigenvalue weighted by Gasteiger charge is 2.20. The number of aromatic nitrogens is 1. The lowest BCUT2D eigenvalue weighted by molar-refractivity contribution is 0.0753. The summed E-state index contributed by atoms with van der Waals surface area (Å²) in [5.74, 6) is 0.0378. The van der Waals surface area contributed by atoms with E-state index < -0.39 is 0 Å². The molecular formula is C19H22N2O2. The fourth-order valence-corrected chi connectivity index (χ4v) is 2.98. The summed E-state index contributed by atoms with van der Waals surface area (Å²) >= 11 is 0. The second kappa shape index (κ2) is 7.38. The van der Waals surface area contributed by atoms with Gasteiger partial charge in [-0.1, -0.05) is 30.3 Å². The Morgan fingerprint density at radius 1 is 1.17 bits per heavy atom. The van der Waals surface area contributed by atoms with Crippen LogP contribution in [0.5, 0.6) is 0 Å². The van der Waals surface area contributed by atoms with E-state index in [1.165, 1.54) is 5.56 Å². The molecule has 3 rings (SSSR count). The van der Waals surface area contributed by atoms with Gasteiger partial charge in [0.1, 0.15) is 0 Å². The van der Waals surface area contributed by atoms with Crippen LogP contribution in [-0.4, -0.2) is 40.1 Å². The number of pyridine rings is 1. The van der Waals surface area contributed by atoms with Crippen LogP contribution in [0.1, 0.15) is 40.9 Å². The molecule has 1 atom stereocenters. The molecule has 1 N–H and O–H groups in total. The van der Waals surface area contributed by atoms with Gasteiger partial charge in [-0.25, -0.2) is 0 Å². The van der Waals surface area contributed by atoms with E-state index in [9.17, 15) is 9.90 Å². The Kier molecular flexibility index (Phi) is 5.03. The Hall–Kier alpha value is -2.20. The average Bonchev–Trinajstić information content (AvgIpc) is 2.80. The summed E-state index contributed by atoms with van der Waals surface area (Å²) in [5, 5.41) is 9.72. The maximum atomic E-state index is 12.7. The highest BCUT2D eigenvalue weighted by atomic mass is 16.3. The van der Waals surface area contributed by atoms with E-state index in [4.69, 9.17) is 0 Å². The standard InChI is InChI=1S/C19H22N2O2/c22-18-7-4-11-21(12-9-18)19(23)16-8-10-20-17(14-16)13-15-5-2-1-3-6-15/h1-3,5-6,8,10,14,18,22H,4,7,9,11-13H2/t18-/m1/s1. The van der Waals surface area contributed by atoms with Crippen LogP contribution in [0, 0.1) is 0 Å². The van der Waals surface area contributed by atoms with Crippen molar-refractivity contribution in [1.82, 2.24) is 9.88 Å². The molecule has 23 heavy (non-hydrogen) atoms. The van der Waals surface area contributed by atoms with E-state index >= 15 is 0 Å². The second-order valence-corrected chi connectivity index (χ2v) is 6.08. The zero-order chi connectivity index (χ0) is 16.1.